The van der Waals surface area contributed by atoms with E-state index in [-0.39, 0.29) is 35.7 Å². The van der Waals surface area contributed by atoms with Gasteiger partial charge in [-0.1, -0.05) is 126 Å². The number of aliphatic hydroxyl groups excluding tert-OH is 1. The molecule has 0 radical (unpaired) electrons. The molecule has 0 aromatic heterocycles. The number of carbonyl (C=O) groups is 2. The number of amides is 2. The lowest BCUT2D eigenvalue weighted by molar-refractivity contribution is -0.304. The predicted molar refractivity (Wildman–Crippen MR) is 202 cm³/mol. The highest BCUT2D eigenvalue weighted by Gasteiger charge is 2.51. The zero-order chi connectivity index (χ0) is 36.8. The van der Waals surface area contributed by atoms with Gasteiger partial charge in [-0.15, -0.1) is 0 Å². The number of hydrogen-bond donors (Lipinski definition) is 1. The summed E-state index contributed by atoms with van der Waals surface area (Å²) in [4.78, 5) is 27.8. The molecule has 1 N–H and O–H groups in total. The molecular weight excluding hydrogens is 659 g/mol. The fourth-order valence-electron chi connectivity index (χ4n) is 8.00. The van der Waals surface area contributed by atoms with Crippen LogP contribution in [0.3, 0.4) is 0 Å². The number of hydrogen-bond acceptors (Lipinski definition) is 7. The van der Waals surface area contributed by atoms with Crippen molar-refractivity contribution in [2.24, 2.45) is 11.8 Å². The van der Waals surface area contributed by atoms with E-state index in [4.69, 9.17) is 18.6 Å². The van der Waals surface area contributed by atoms with Gasteiger partial charge in [0.1, 0.15) is 6.61 Å². The first-order valence-corrected chi connectivity index (χ1v) is 20.5. The minimum Gasteiger partial charge on any atom is -0.447 e. The monoisotopic (exact) mass is 715 g/mol. The molecule has 0 unspecified atom stereocenters. The Morgan fingerprint density at radius 3 is 2.04 bits per heavy atom. The number of benzene rings is 3. The average molecular weight is 716 g/mol. The lowest BCUT2D eigenvalue weighted by Crippen LogP contribution is -2.67. The minimum atomic E-state index is -2.75. The first kappa shape index (κ1) is 38.9. The van der Waals surface area contributed by atoms with E-state index in [1.807, 2.05) is 70.2 Å². The van der Waals surface area contributed by atoms with E-state index in [0.29, 0.717) is 38.7 Å². The molecule has 2 heterocycles. The van der Waals surface area contributed by atoms with Crippen LogP contribution in [0.1, 0.15) is 79.7 Å². The van der Waals surface area contributed by atoms with E-state index in [0.717, 1.165) is 5.56 Å². The smallest absolute Gasteiger partial charge is 0.416 e. The van der Waals surface area contributed by atoms with Crippen molar-refractivity contribution in [3.8, 4) is 0 Å². The molecule has 9 heteroatoms. The molecule has 0 spiro atoms. The third kappa shape index (κ3) is 9.00. The Morgan fingerprint density at radius 1 is 0.941 bits per heavy atom. The van der Waals surface area contributed by atoms with Crippen LogP contribution in [0.2, 0.25) is 5.04 Å². The number of rotatable bonds is 14. The standard InChI is InChI=1S/C42H57NO7Si/c1-8-37(39(45)43-32(28-47-40(43)46)26-31-18-12-9-13-19-31)38(44)30(2)24-25-33-27-34(50-42(6,7)49-33)29-48-51(41(3,4)5,35-20-14-10-15-21-35)36-22-16-11-17-23-36/h9-23,30,32-34,37-38,44H,8,24-29H2,1-7H3/t30-,32+,33-,34+,37+,38-/m1/s1. The second-order valence-electron chi connectivity index (χ2n) is 15.8. The summed E-state index contributed by atoms with van der Waals surface area (Å²) in [5, 5.41) is 13.8. The molecule has 8 nitrogen and oxygen atoms in total. The van der Waals surface area contributed by atoms with Gasteiger partial charge in [0.2, 0.25) is 5.91 Å². The average Bonchev–Trinajstić information content (AvgIpc) is 3.46. The zero-order valence-corrected chi connectivity index (χ0v) is 32.4. The van der Waals surface area contributed by atoms with E-state index >= 15 is 0 Å². The van der Waals surface area contributed by atoms with Crippen molar-refractivity contribution in [3.05, 3.63) is 96.6 Å². The maximum atomic E-state index is 13.8. The topological polar surface area (TPSA) is 94.5 Å². The lowest BCUT2D eigenvalue weighted by atomic mass is 9.85. The zero-order valence-electron chi connectivity index (χ0n) is 31.4. The van der Waals surface area contributed by atoms with E-state index in [1.165, 1.54) is 15.3 Å². The van der Waals surface area contributed by atoms with E-state index in [2.05, 4.69) is 69.3 Å². The normalized spacial score (nSPS) is 22.6. The molecule has 3 aromatic carbocycles. The molecule has 2 amide bonds. The third-order valence-electron chi connectivity index (χ3n) is 10.5. The Kier molecular flexibility index (Phi) is 12.6. The summed E-state index contributed by atoms with van der Waals surface area (Å²) in [6.07, 6.45) is 1.05. The summed E-state index contributed by atoms with van der Waals surface area (Å²) in [5.74, 6) is -2.10. The Labute approximate surface area is 305 Å². The van der Waals surface area contributed by atoms with Crippen LogP contribution in [0.5, 0.6) is 0 Å². The molecule has 51 heavy (non-hydrogen) atoms. The van der Waals surface area contributed by atoms with Gasteiger partial charge in [-0.2, -0.15) is 0 Å². The summed E-state index contributed by atoms with van der Waals surface area (Å²) in [6, 6.07) is 30.6. The van der Waals surface area contributed by atoms with Crippen LogP contribution in [0, 0.1) is 11.8 Å². The van der Waals surface area contributed by atoms with Crippen LogP contribution in [0.15, 0.2) is 91.0 Å². The Bertz CT molecular complexity index is 1520. The van der Waals surface area contributed by atoms with E-state index in [1.54, 1.807) is 0 Å². The molecular formula is C42H57NO7Si. The maximum Gasteiger partial charge on any atom is 0.416 e. The van der Waals surface area contributed by atoms with Gasteiger partial charge < -0.3 is 23.7 Å². The lowest BCUT2D eigenvalue weighted by Gasteiger charge is -2.46. The van der Waals surface area contributed by atoms with Crippen molar-refractivity contribution in [2.75, 3.05) is 13.2 Å². The molecule has 2 fully saturated rings. The molecule has 6 atom stereocenters. The molecule has 3 aromatic rings. The number of imide groups is 1. The number of ether oxygens (including phenoxy) is 3. The Morgan fingerprint density at radius 2 is 1.49 bits per heavy atom. The van der Waals surface area contributed by atoms with Gasteiger partial charge in [0, 0.05) is 6.42 Å². The summed E-state index contributed by atoms with van der Waals surface area (Å²) >= 11 is 0. The molecule has 5 rings (SSSR count). The molecule has 0 aliphatic carbocycles. The molecule has 2 aliphatic rings. The van der Waals surface area contributed by atoms with Gasteiger partial charge in [0.25, 0.3) is 8.32 Å². The number of carbonyl (C=O) groups excluding carboxylic acids is 2. The fraction of sp³-hybridized carbons (Fsp3) is 0.524. The van der Waals surface area contributed by atoms with Crippen LogP contribution in [0.25, 0.3) is 0 Å². The molecule has 0 bridgehead atoms. The summed E-state index contributed by atoms with van der Waals surface area (Å²) in [5.41, 5.74) is 1.02. The van der Waals surface area contributed by atoms with Gasteiger partial charge >= 0.3 is 6.09 Å². The summed E-state index contributed by atoms with van der Waals surface area (Å²) < 4.78 is 25.4. The number of aliphatic hydroxyl groups is 1. The maximum absolute atomic E-state index is 13.8. The van der Waals surface area contributed by atoms with Gasteiger partial charge in [-0.05, 0) is 66.4 Å². The van der Waals surface area contributed by atoms with Crippen LogP contribution in [-0.4, -0.2) is 73.7 Å². The van der Waals surface area contributed by atoms with Crippen molar-refractivity contribution in [1.82, 2.24) is 4.90 Å². The SMILES string of the molecule is CC[C@H](C(=O)N1C(=O)OC[C@@H]1Cc1ccccc1)[C@H](O)[C@H](C)CC[C@@H]1C[C@@H](CO[Si](c2ccccc2)(c2ccccc2)C(C)(C)C)OC(C)(C)O1. The van der Waals surface area contributed by atoms with Gasteiger partial charge in [0.15, 0.2) is 5.79 Å². The van der Waals surface area contributed by atoms with Crippen molar-refractivity contribution in [1.29, 1.82) is 0 Å². The van der Waals surface area contributed by atoms with Gasteiger partial charge in [-0.25, -0.2) is 9.69 Å². The van der Waals surface area contributed by atoms with Crippen LogP contribution in [0.4, 0.5) is 4.79 Å². The van der Waals surface area contributed by atoms with Crippen LogP contribution < -0.4 is 10.4 Å². The highest BCUT2D eigenvalue weighted by molar-refractivity contribution is 6.99. The van der Waals surface area contributed by atoms with Crippen molar-refractivity contribution >= 4 is 30.7 Å². The van der Waals surface area contributed by atoms with E-state index < -0.39 is 38.3 Å². The molecule has 0 saturated carbocycles. The van der Waals surface area contributed by atoms with Crippen molar-refractivity contribution < 1.29 is 33.3 Å². The summed E-state index contributed by atoms with van der Waals surface area (Å²) in [6.45, 7) is 15.1. The number of nitrogens with zero attached hydrogens (tertiary/aromatic N) is 1. The largest absolute Gasteiger partial charge is 0.447 e. The predicted octanol–water partition coefficient (Wildman–Crippen LogP) is 6.87. The second-order valence-corrected chi connectivity index (χ2v) is 20.1. The molecule has 2 aliphatic heterocycles. The fourth-order valence-corrected chi connectivity index (χ4v) is 12.6. The third-order valence-corrected chi connectivity index (χ3v) is 15.5. The first-order chi connectivity index (χ1) is 24.3. The van der Waals surface area contributed by atoms with Crippen LogP contribution >= 0.6 is 0 Å². The van der Waals surface area contributed by atoms with Crippen molar-refractivity contribution in [2.45, 2.75) is 116 Å². The van der Waals surface area contributed by atoms with Gasteiger partial charge in [-0.3, -0.25) is 4.79 Å². The highest BCUT2D eigenvalue weighted by Crippen LogP contribution is 2.38. The molecule has 276 valence electrons. The highest BCUT2D eigenvalue weighted by atomic mass is 28.4. The number of cyclic esters (lactones) is 1. The van der Waals surface area contributed by atoms with E-state index in [9.17, 15) is 14.7 Å². The van der Waals surface area contributed by atoms with Crippen molar-refractivity contribution in [3.63, 3.8) is 0 Å². The second kappa shape index (κ2) is 16.6. The van der Waals surface area contributed by atoms with Crippen LogP contribution in [-0.2, 0) is 29.9 Å². The Balaban J connectivity index is 1.24. The minimum absolute atomic E-state index is 0.115. The van der Waals surface area contributed by atoms with Gasteiger partial charge in [0.05, 0.1) is 36.9 Å². The Hall–Kier alpha value is -3.34. The first-order valence-electron chi connectivity index (χ1n) is 18.6. The molecule has 2 saturated heterocycles. The quantitative estimate of drug-likeness (QED) is 0.182. The summed E-state index contributed by atoms with van der Waals surface area (Å²) in [7, 11) is -2.75.